The molecule has 84 valence electrons. The molecule has 2 heterocycles. The van der Waals surface area contributed by atoms with Crippen molar-refractivity contribution in [1.29, 1.82) is 0 Å². The van der Waals surface area contributed by atoms with Crippen LogP contribution in [-0.2, 0) is 10.0 Å². The van der Waals surface area contributed by atoms with Gasteiger partial charge in [-0.15, -0.1) is 0 Å². The standard InChI is InChI=1S/C9H9N3O3S/c13-9-7(3-1-6-11-9)16(14,15)12-8-4-2-5-10-8/h1-6,10,12H,(H,11,13). The Kier molecular flexibility index (Phi) is 2.53. The third-order valence-electron chi connectivity index (χ3n) is 1.91. The molecule has 2 aromatic heterocycles. The molecule has 0 aliphatic carbocycles. The maximum absolute atomic E-state index is 11.8. The van der Waals surface area contributed by atoms with E-state index in [1.807, 2.05) is 0 Å². The number of hydrogen-bond donors (Lipinski definition) is 3. The summed E-state index contributed by atoms with van der Waals surface area (Å²) in [6.07, 6.45) is 2.95. The Morgan fingerprint density at radius 3 is 2.38 bits per heavy atom. The number of aromatic nitrogens is 2. The third kappa shape index (κ3) is 1.98. The highest BCUT2D eigenvalue weighted by molar-refractivity contribution is 7.92. The van der Waals surface area contributed by atoms with Crippen LogP contribution in [0, 0.1) is 0 Å². The van der Waals surface area contributed by atoms with E-state index in [2.05, 4.69) is 14.7 Å². The number of anilines is 1. The Labute approximate surface area is 91.4 Å². The van der Waals surface area contributed by atoms with Crippen molar-refractivity contribution in [2.75, 3.05) is 4.72 Å². The van der Waals surface area contributed by atoms with Gasteiger partial charge in [-0.05, 0) is 24.3 Å². The van der Waals surface area contributed by atoms with E-state index in [0.717, 1.165) is 0 Å². The van der Waals surface area contributed by atoms with Crippen LogP contribution in [0.1, 0.15) is 0 Å². The smallest absolute Gasteiger partial charge is 0.268 e. The molecule has 0 atom stereocenters. The molecule has 16 heavy (non-hydrogen) atoms. The van der Waals surface area contributed by atoms with Gasteiger partial charge in [0.2, 0.25) is 0 Å². The Morgan fingerprint density at radius 1 is 1.06 bits per heavy atom. The van der Waals surface area contributed by atoms with E-state index in [9.17, 15) is 13.2 Å². The molecule has 0 fully saturated rings. The zero-order valence-corrected chi connectivity index (χ0v) is 8.91. The summed E-state index contributed by atoms with van der Waals surface area (Å²) in [5.74, 6) is 0.309. The molecule has 0 unspecified atom stereocenters. The molecule has 0 aliphatic heterocycles. The zero-order valence-electron chi connectivity index (χ0n) is 8.10. The fourth-order valence-corrected chi connectivity index (χ4v) is 2.30. The van der Waals surface area contributed by atoms with E-state index >= 15 is 0 Å². The lowest BCUT2D eigenvalue weighted by Gasteiger charge is -2.04. The molecule has 2 aromatic rings. The lowest BCUT2D eigenvalue weighted by molar-refractivity contribution is 0.599. The van der Waals surface area contributed by atoms with E-state index in [1.165, 1.54) is 18.3 Å². The first kappa shape index (κ1) is 10.5. The predicted molar refractivity (Wildman–Crippen MR) is 58.7 cm³/mol. The predicted octanol–water partition coefficient (Wildman–Crippen LogP) is 0.504. The van der Waals surface area contributed by atoms with Crippen molar-refractivity contribution < 1.29 is 8.42 Å². The molecule has 7 heteroatoms. The largest absolute Gasteiger partial charge is 0.348 e. The van der Waals surface area contributed by atoms with E-state index < -0.39 is 15.6 Å². The normalized spacial score (nSPS) is 11.2. The maximum atomic E-state index is 11.8. The van der Waals surface area contributed by atoms with E-state index in [1.54, 1.807) is 18.3 Å². The summed E-state index contributed by atoms with van der Waals surface area (Å²) >= 11 is 0. The average molecular weight is 239 g/mol. The summed E-state index contributed by atoms with van der Waals surface area (Å²) in [4.78, 5) is 16.0. The van der Waals surface area contributed by atoms with E-state index in [-0.39, 0.29) is 4.90 Å². The number of sulfonamides is 1. The molecule has 0 saturated heterocycles. The van der Waals surface area contributed by atoms with Crippen molar-refractivity contribution in [2.45, 2.75) is 4.90 Å². The maximum Gasteiger partial charge on any atom is 0.268 e. The second kappa shape index (κ2) is 3.86. The fraction of sp³-hybridized carbons (Fsp3) is 0. The number of hydrogen-bond acceptors (Lipinski definition) is 3. The van der Waals surface area contributed by atoms with Gasteiger partial charge >= 0.3 is 0 Å². The van der Waals surface area contributed by atoms with Crippen LogP contribution in [0.15, 0.2) is 46.3 Å². The van der Waals surface area contributed by atoms with Crippen LogP contribution in [0.2, 0.25) is 0 Å². The van der Waals surface area contributed by atoms with Gasteiger partial charge in [0, 0.05) is 12.4 Å². The molecule has 0 saturated carbocycles. The summed E-state index contributed by atoms with van der Waals surface area (Å²) < 4.78 is 25.8. The third-order valence-corrected chi connectivity index (χ3v) is 3.30. The van der Waals surface area contributed by atoms with Crippen LogP contribution in [0.3, 0.4) is 0 Å². The van der Waals surface area contributed by atoms with Crippen LogP contribution in [0.4, 0.5) is 5.82 Å². The molecule has 0 amide bonds. The minimum atomic E-state index is -3.84. The van der Waals surface area contributed by atoms with Crippen molar-refractivity contribution >= 4 is 15.8 Å². The Balaban J connectivity index is 2.41. The highest BCUT2D eigenvalue weighted by Crippen LogP contribution is 2.09. The number of H-pyrrole nitrogens is 2. The van der Waals surface area contributed by atoms with Crippen LogP contribution < -0.4 is 10.3 Å². The Morgan fingerprint density at radius 2 is 1.75 bits per heavy atom. The van der Waals surface area contributed by atoms with Crippen molar-refractivity contribution in [3.8, 4) is 0 Å². The molecule has 0 spiro atoms. The minimum Gasteiger partial charge on any atom is -0.348 e. The molecule has 0 bridgehead atoms. The van der Waals surface area contributed by atoms with E-state index in [4.69, 9.17) is 0 Å². The lowest BCUT2D eigenvalue weighted by Crippen LogP contribution is -2.22. The molecule has 6 nitrogen and oxygen atoms in total. The molecular formula is C9H9N3O3S. The summed E-state index contributed by atoms with van der Waals surface area (Å²) in [5.41, 5.74) is -0.651. The number of aromatic amines is 2. The average Bonchev–Trinajstić information content (AvgIpc) is 2.70. The fourth-order valence-electron chi connectivity index (χ4n) is 1.21. The van der Waals surface area contributed by atoms with Gasteiger partial charge in [0.1, 0.15) is 5.82 Å². The van der Waals surface area contributed by atoms with Crippen LogP contribution in [0.25, 0.3) is 0 Å². The first-order chi connectivity index (χ1) is 7.59. The van der Waals surface area contributed by atoms with Crippen LogP contribution >= 0.6 is 0 Å². The van der Waals surface area contributed by atoms with Crippen LogP contribution in [0.5, 0.6) is 0 Å². The van der Waals surface area contributed by atoms with Gasteiger partial charge in [0.15, 0.2) is 4.90 Å². The second-order valence-electron chi connectivity index (χ2n) is 3.05. The van der Waals surface area contributed by atoms with Gasteiger partial charge in [0.25, 0.3) is 15.6 Å². The van der Waals surface area contributed by atoms with Gasteiger partial charge in [0.05, 0.1) is 0 Å². The second-order valence-corrected chi connectivity index (χ2v) is 4.70. The summed E-state index contributed by atoms with van der Waals surface area (Å²) in [6, 6.07) is 5.89. The quantitative estimate of drug-likeness (QED) is 0.728. The first-order valence-corrected chi connectivity index (χ1v) is 5.92. The SMILES string of the molecule is O=c1[nH]cccc1S(=O)(=O)Nc1ccc[nH]1. The minimum absolute atomic E-state index is 0.309. The zero-order chi connectivity index (χ0) is 11.6. The highest BCUT2D eigenvalue weighted by atomic mass is 32.2. The molecule has 0 aliphatic rings. The summed E-state index contributed by atoms with van der Waals surface area (Å²) in [5, 5.41) is 0. The summed E-state index contributed by atoms with van der Waals surface area (Å²) in [6.45, 7) is 0. The molecular weight excluding hydrogens is 230 g/mol. The number of pyridine rings is 1. The number of nitrogens with one attached hydrogen (secondary N) is 3. The van der Waals surface area contributed by atoms with E-state index in [0.29, 0.717) is 5.82 Å². The van der Waals surface area contributed by atoms with Crippen molar-refractivity contribution in [2.24, 2.45) is 0 Å². The molecule has 0 aromatic carbocycles. The number of rotatable bonds is 3. The van der Waals surface area contributed by atoms with Crippen molar-refractivity contribution in [3.05, 3.63) is 47.0 Å². The van der Waals surface area contributed by atoms with Crippen molar-refractivity contribution in [3.63, 3.8) is 0 Å². The Hall–Kier alpha value is -2.02. The molecule has 2 rings (SSSR count). The van der Waals surface area contributed by atoms with Crippen molar-refractivity contribution in [1.82, 2.24) is 9.97 Å². The van der Waals surface area contributed by atoms with Gasteiger partial charge in [-0.2, -0.15) is 0 Å². The monoisotopic (exact) mass is 239 g/mol. The highest BCUT2D eigenvalue weighted by Gasteiger charge is 2.17. The Bertz CT molecular complexity index is 628. The summed E-state index contributed by atoms with van der Waals surface area (Å²) in [7, 11) is -3.84. The topological polar surface area (TPSA) is 94.8 Å². The molecule has 0 radical (unpaired) electrons. The van der Waals surface area contributed by atoms with Gasteiger partial charge < -0.3 is 9.97 Å². The van der Waals surface area contributed by atoms with Gasteiger partial charge in [-0.25, -0.2) is 8.42 Å². The van der Waals surface area contributed by atoms with Gasteiger partial charge in [-0.3, -0.25) is 9.52 Å². The van der Waals surface area contributed by atoms with Gasteiger partial charge in [-0.1, -0.05) is 0 Å². The first-order valence-electron chi connectivity index (χ1n) is 4.43. The van der Waals surface area contributed by atoms with Crippen LogP contribution in [-0.4, -0.2) is 18.4 Å². The lowest BCUT2D eigenvalue weighted by atomic mass is 10.5. The molecule has 3 N–H and O–H groups in total.